The van der Waals surface area contributed by atoms with Crippen LogP contribution in [0.15, 0.2) is 35.8 Å². The second-order valence-electron chi connectivity index (χ2n) is 9.95. The maximum atomic E-state index is 12.9. The summed E-state index contributed by atoms with van der Waals surface area (Å²) in [5, 5.41) is 26.6. The fourth-order valence-electron chi connectivity index (χ4n) is 5.20. The first-order chi connectivity index (χ1) is 19.0. The van der Waals surface area contributed by atoms with Crippen LogP contribution in [0.5, 0.6) is 0 Å². The Morgan fingerprint density at radius 1 is 0.850 bits per heavy atom. The van der Waals surface area contributed by atoms with E-state index in [1.807, 2.05) is 0 Å². The first kappa shape index (κ1) is 28.8. The van der Waals surface area contributed by atoms with Gasteiger partial charge in [-0.2, -0.15) is 0 Å². The molecule has 0 radical (unpaired) electrons. The number of nitrogens with one attached hydrogen (secondary N) is 2. The molecule has 2 saturated heterocycles. The highest BCUT2D eigenvalue weighted by Crippen LogP contribution is 2.23. The molecule has 4 rings (SSSR count). The van der Waals surface area contributed by atoms with Gasteiger partial charge in [-0.05, 0) is 30.0 Å². The molecular formula is C26H31N5O8S. The van der Waals surface area contributed by atoms with Gasteiger partial charge in [0.25, 0.3) is 11.8 Å². The number of hydrogen-bond acceptors (Lipinski definition) is 7. The van der Waals surface area contributed by atoms with E-state index in [0.29, 0.717) is 10.6 Å². The molecule has 4 heterocycles. The Kier molecular flexibility index (Phi) is 8.87. The molecule has 2 aliphatic rings. The zero-order valence-electron chi connectivity index (χ0n) is 21.8. The van der Waals surface area contributed by atoms with Gasteiger partial charge in [0.05, 0.1) is 4.88 Å². The van der Waals surface area contributed by atoms with Gasteiger partial charge in [0.2, 0.25) is 11.8 Å². The van der Waals surface area contributed by atoms with E-state index in [1.165, 1.54) is 21.1 Å². The minimum atomic E-state index is -1.18. The Morgan fingerprint density at radius 2 is 1.40 bits per heavy atom. The molecule has 214 valence electrons. The lowest BCUT2D eigenvalue weighted by molar-refractivity contribution is -0.149. The molecule has 2 fully saturated rings. The number of carboxylic acid groups (broad SMARTS) is 2. The molecule has 0 spiro atoms. The van der Waals surface area contributed by atoms with Gasteiger partial charge in [0.1, 0.15) is 17.8 Å². The van der Waals surface area contributed by atoms with Gasteiger partial charge in [-0.15, -0.1) is 11.3 Å². The van der Waals surface area contributed by atoms with E-state index in [1.54, 1.807) is 47.5 Å². The third kappa shape index (κ3) is 6.50. The summed E-state index contributed by atoms with van der Waals surface area (Å²) < 4.78 is 1.63. The molecule has 0 bridgehead atoms. The summed E-state index contributed by atoms with van der Waals surface area (Å²) in [7, 11) is 1.71. The number of carbonyl (C=O) groups excluding carboxylic acids is 4. The van der Waals surface area contributed by atoms with Gasteiger partial charge in [-0.1, -0.05) is 6.07 Å². The van der Waals surface area contributed by atoms with E-state index < -0.39 is 47.9 Å². The molecule has 14 heteroatoms. The van der Waals surface area contributed by atoms with Crippen LogP contribution in [0.2, 0.25) is 0 Å². The molecule has 4 N–H and O–H groups in total. The fourth-order valence-corrected chi connectivity index (χ4v) is 5.83. The number of nitrogens with zero attached hydrogens (tertiary/aromatic N) is 3. The van der Waals surface area contributed by atoms with E-state index in [2.05, 4.69) is 10.6 Å². The summed E-state index contributed by atoms with van der Waals surface area (Å²) in [5.74, 6) is -3.99. The Balaban J connectivity index is 1.29. The molecule has 2 aromatic rings. The normalized spacial score (nSPS) is 22.2. The monoisotopic (exact) mass is 573 g/mol. The lowest BCUT2D eigenvalue weighted by Gasteiger charge is -2.23. The number of aromatic nitrogens is 1. The first-order valence-electron chi connectivity index (χ1n) is 12.9. The van der Waals surface area contributed by atoms with Gasteiger partial charge in [0.15, 0.2) is 0 Å². The highest BCUT2D eigenvalue weighted by molar-refractivity contribution is 7.12. The highest BCUT2D eigenvalue weighted by Gasteiger charge is 2.42. The van der Waals surface area contributed by atoms with Crippen molar-refractivity contribution in [1.29, 1.82) is 0 Å². The van der Waals surface area contributed by atoms with Crippen LogP contribution >= 0.6 is 11.3 Å². The quantitative estimate of drug-likeness (QED) is 0.318. The third-order valence-electron chi connectivity index (χ3n) is 7.19. The molecule has 40 heavy (non-hydrogen) atoms. The van der Waals surface area contributed by atoms with Crippen LogP contribution in [0, 0.1) is 0 Å². The van der Waals surface area contributed by atoms with Crippen LogP contribution in [0.3, 0.4) is 0 Å². The molecule has 0 unspecified atom stereocenters. The van der Waals surface area contributed by atoms with E-state index in [4.69, 9.17) is 0 Å². The molecule has 4 atom stereocenters. The maximum absolute atomic E-state index is 12.9. The van der Waals surface area contributed by atoms with Crippen LogP contribution < -0.4 is 10.6 Å². The Morgan fingerprint density at radius 3 is 1.85 bits per heavy atom. The van der Waals surface area contributed by atoms with Crippen molar-refractivity contribution in [3.8, 4) is 0 Å². The number of rotatable bonds is 10. The number of likely N-dealkylation sites (tertiary alicyclic amines) is 2. The van der Waals surface area contributed by atoms with E-state index in [0.717, 1.165) is 0 Å². The van der Waals surface area contributed by atoms with Crippen molar-refractivity contribution < 1.29 is 39.0 Å². The van der Waals surface area contributed by atoms with E-state index >= 15 is 0 Å². The molecule has 0 saturated carbocycles. The smallest absolute Gasteiger partial charge is 0.326 e. The molecule has 2 aliphatic heterocycles. The van der Waals surface area contributed by atoms with Gasteiger partial charge >= 0.3 is 11.9 Å². The number of aryl methyl sites for hydroxylation is 1. The van der Waals surface area contributed by atoms with Gasteiger partial charge in [-0.25, -0.2) is 9.59 Å². The lowest BCUT2D eigenvalue weighted by atomic mass is 10.1. The van der Waals surface area contributed by atoms with Crippen LogP contribution in [-0.4, -0.2) is 97.4 Å². The van der Waals surface area contributed by atoms with Crippen molar-refractivity contribution in [3.05, 3.63) is 46.4 Å². The summed E-state index contributed by atoms with van der Waals surface area (Å²) in [6, 6.07) is 3.45. The average molecular weight is 574 g/mol. The zero-order chi connectivity index (χ0) is 29.0. The fraction of sp³-hybridized carbons (Fsp3) is 0.462. The SMILES string of the molecule is Cn1cccc1C(=O)N[C@H]1C[C@@H](C(=O)O)N(C(=O)CCCC(=O)N2C[C@@H](NC(=O)c3cccs3)C[C@H]2C(=O)O)C1. The number of amides is 4. The number of aliphatic carboxylic acids is 2. The Hall–Kier alpha value is -4.20. The summed E-state index contributed by atoms with van der Waals surface area (Å²) in [6.07, 6.45) is 1.71. The number of thiophene rings is 1. The molecule has 0 aromatic carbocycles. The molecule has 13 nitrogen and oxygen atoms in total. The number of carboxylic acids is 2. The minimum Gasteiger partial charge on any atom is -0.480 e. The molecule has 4 amide bonds. The largest absolute Gasteiger partial charge is 0.480 e. The van der Waals surface area contributed by atoms with Crippen molar-refractivity contribution in [2.45, 2.75) is 56.3 Å². The van der Waals surface area contributed by atoms with E-state index in [9.17, 15) is 39.0 Å². The van der Waals surface area contributed by atoms with Gasteiger partial charge in [-0.3, -0.25) is 19.2 Å². The minimum absolute atomic E-state index is 0.0265. The van der Waals surface area contributed by atoms with Gasteiger partial charge in [0, 0.05) is 64.1 Å². The Bertz CT molecular complexity index is 1290. The predicted octanol–water partition coefficient (Wildman–Crippen LogP) is 0.525. The second kappa shape index (κ2) is 12.3. The van der Waals surface area contributed by atoms with Crippen molar-refractivity contribution in [2.75, 3.05) is 13.1 Å². The Labute approximate surface area is 233 Å². The maximum Gasteiger partial charge on any atom is 0.326 e. The average Bonchev–Trinajstić information content (AvgIpc) is 3.69. The van der Waals surface area contributed by atoms with Crippen LogP contribution in [-0.2, 0) is 26.2 Å². The summed E-state index contributed by atoms with van der Waals surface area (Å²) >= 11 is 1.25. The van der Waals surface area contributed by atoms with Crippen LogP contribution in [0.1, 0.15) is 52.3 Å². The number of hydrogen-bond donors (Lipinski definition) is 4. The van der Waals surface area contributed by atoms with E-state index in [-0.39, 0.29) is 57.0 Å². The van der Waals surface area contributed by atoms with Crippen molar-refractivity contribution in [1.82, 2.24) is 25.0 Å². The van der Waals surface area contributed by atoms with Gasteiger partial charge < -0.3 is 35.2 Å². The molecule has 2 aromatic heterocycles. The van der Waals surface area contributed by atoms with Crippen LogP contribution in [0.4, 0.5) is 0 Å². The second-order valence-corrected chi connectivity index (χ2v) is 10.9. The summed E-state index contributed by atoms with van der Waals surface area (Å²) in [4.78, 5) is 77.2. The topological polar surface area (TPSA) is 178 Å². The highest BCUT2D eigenvalue weighted by atomic mass is 32.1. The van der Waals surface area contributed by atoms with Crippen molar-refractivity contribution in [2.24, 2.45) is 7.05 Å². The summed E-state index contributed by atoms with van der Waals surface area (Å²) in [6.45, 7) is 0.0648. The molecule has 0 aliphatic carbocycles. The lowest BCUT2D eigenvalue weighted by Crippen LogP contribution is -2.42. The zero-order valence-corrected chi connectivity index (χ0v) is 22.6. The summed E-state index contributed by atoms with van der Waals surface area (Å²) in [5.41, 5.74) is 0.407. The predicted molar refractivity (Wildman–Crippen MR) is 142 cm³/mol. The van der Waals surface area contributed by atoms with Crippen molar-refractivity contribution >= 4 is 46.9 Å². The third-order valence-corrected chi connectivity index (χ3v) is 8.05. The first-order valence-corrected chi connectivity index (χ1v) is 13.7. The van der Waals surface area contributed by atoms with Crippen molar-refractivity contribution in [3.63, 3.8) is 0 Å². The number of carbonyl (C=O) groups is 6. The van der Waals surface area contributed by atoms with Crippen LogP contribution in [0.25, 0.3) is 0 Å². The molecular weight excluding hydrogens is 542 g/mol. The standard InChI is InChI=1S/C26H31N5O8S/c1-29-9-3-5-17(29)23(34)27-15-11-18(25(36)37)30(13-15)21(32)7-2-8-22(33)31-14-16(12-19(31)26(38)39)28-24(35)20-6-4-10-40-20/h3-6,9-10,15-16,18-19H,2,7-8,11-14H2,1H3,(H,27,34)(H,28,35)(H,36,37)(H,38,39)/t15-,16-,18-,19-/m0/s1.